The molecule has 1 fully saturated rings. The van der Waals surface area contributed by atoms with Crippen molar-refractivity contribution < 1.29 is 9.90 Å². The highest BCUT2D eigenvalue weighted by Crippen LogP contribution is 2.42. The normalized spacial score (nSPS) is 23.9. The lowest BCUT2D eigenvalue weighted by Gasteiger charge is -2.34. The molecular weight excluding hydrogens is 176 g/mol. The van der Waals surface area contributed by atoms with Gasteiger partial charge in [-0.3, -0.25) is 4.79 Å². The Labute approximate surface area is 85.3 Å². The molecule has 2 heteroatoms. The van der Waals surface area contributed by atoms with Crippen LogP contribution in [0.3, 0.4) is 0 Å². The van der Waals surface area contributed by atoms with Crippen molar-refractivity contribution in [3.05, 3.63) is 23.8 Å². The number of rotatable bonds is 2. The van der Waals surface area contributed by atoms with Gasteiger partial charge in [0.25, 0.3) is 0 Å². The first-order chi connectivity index (χ1) is 6.43. The van der Waals surface area contributed by atoms with Gasteiger partial charge in [0.1, 0.15) is 0 Å². The van der Waals surface area contributed by atoms with Crippen LogP contribution in [0.4, 0.5) is 0 Å². The zero-order valence-corrected chi connectivity index (χ0v) is 8.97. The highest BCUT2D eigenvalue weighted by Gasteiger charge is 2.28. The molecule has 0 heterocycles. The standard InChI is InChI=1S/C12H18O2/c1-9-5-4-8-12(2,3)10(9)6-7-11(13)14/h6H,1,4-5,7-8H2,2-3H3,(H,13,14)/b10-6+. The van der Waals surface area contributed by atoms with Crippen LogP contribution < -0.4 is 0 Å². The quantitative estimate of drug-likeness (QED) is 0.733. The number of allylic oxidation sites excluding steroid dienone is 2. The minimum atomic E-state index is -0.772. The van der Waals surface area contributed by atoms with E-state index >= 15 is 0 Å². The molecule has 1 aliphatic carbocycles. The van der Waals surface area contributed by atoms with Gasteiger partial charge in [0.15, 0.2) is 0 Å². The average molecular weight is 194 g/mol. The van der Waals surface area contributed by atoms with Crippen LogP contribution in [-0.4, -0.2) is 11.1 Å². The summed E-state index contributed by atoms with van der Waals surface area (Å²) in [4.78, 5) is 10.5. The second kappa shape index (κ2) is 3.99. The van der Waals surface area contributed by atoms with Gasteiger partial charge in [-0.2, -0.15) is 0 Å². The molecule has 0 aliphatic heterocycles. The number of carboxylic acid groups (broad SMARTS) is 1. The Bertz CT molecular complexity index is 285. The maximum Gasteiger partial charge on any atom is 0.307 e. The van der Waals surface area contributed by atoms with Gasteiger partial charge in [0.2, 0.25) is 0 Å². The van der Waals surface area contributed by atoms with E-state index in [1.54, 1.807) is 0 Å². The SMILES string of the molecule is C=C1CCCC(C)(C)/C1=C/CC(=O)O. The molecule has 78 valence electrons. The lowest BCUT2D eigenvalue weighted by molar-refractivity contribution is -0.136. The molecule has 0 aromatic carbocycles. The topological polar surface area (TPSA) is 37.3 Å². The fraction of sp³-hybridized carbons (Fsp3) is 0.583. The summed E-state index contributed by atoms with van der Waals surface area (Å²) in [5.41, 5.74) is 2.36. The number of carbonyl (C=O) groups is 1. The van der Waals surface area contributed by atoms with Crippen LogP contribution in [0, 0.1) is 5.41 Å². The Hall–Kier alpha value is -1.05. The Morgan fingerprint density at radius 1 is 1.64 bits per heavy atom. The van der Waals surface area contributed by atoms with E-state index < -0.39 is 5.97 Å². The summed E-state index contributed by atoms with van der Waals surface area (Å²) in [6.07, 6.45) is 5.23. The van der Waals surface area contributed by atoms with Gasteiger partial charge >= 0.3 is 5.97 Å². The summed E-state index contributed by atoms with van der Waals surface area (Å²) in [7, 11) is 0. The van der Waals surface area contributed by atoms with E-state index in [0.717, 1.165) is 30.4 Å². The number of aliphatic carboxylic acids is 1. The van der Waals surface area contributed by atoms with Gasteiger partial charge in [0.05, 0.1) is 6.42 Å². The van der Waals surface area contributed by atoms with Crippen molar-refractivity contribution in [2.24, 2.45) is 5.41 Å². The van der Waals surface area contributed by atoms with Crippen molar-refractivity contribution in [1.29, 1.82) is 0 Å². The predicted molar refractivity (Wildman–Crippen MR) is 57.1 cm³/mol. The van der Waals surface area contributed by atoms with Gasteiger partial charge in [0, 0.05) is 0 Å². The summed E-state index contributed by atoms with van der Waals surface area (Å²) >= 11 is 0. The van der Waals surface area contributed by atoms with Gasteiger partial charge < -0.3 is 5.11 Å². The first kappa shape index (κ1) is 11.0. The van der Waals surface area contributed by atoms with E-state index in [0.29, 0.717) is 0 Å². The molecular formula is C12H18O2. The molecule has 2 nitrogen and oxygen atoms in total. The van der Waals surface area contributed by atoms with Crippen LogP contribution >= 0.6 is 0 Å². The third-order valence-corrected chi connectivity index (χ3v) is 2.87. The monoisotopic (exact) mass is 194 g/mol. The van der Waals surface area contributed by atoms with E-state index in [9.17, 15) is 4.79 Å². The van der Waals surface area contributed by atoms with Crippen molar-refractivity contribution >= 4 is 5.97 Å². The Kier molecular flexibility index (Phi) is 3.14. The fourth-order valence-electron chi connectivity index (χ4n) is 2.10. The van der Waals surface area contributed by atoms with E-state index in [1.807, 2.05) is 6.08 Å². The minimum Gasteiger partial charge on any atom is -0.481 e. The maximum atomic E-state index is 10.5. The third kappa shape index (κ3) is 2.47. The number of hydrogen-bond donors (Lipinski definition) is 1. The summed E-state index contributed by atoms with van der Waals surface area (Å²) in [5, 5.41) is 8.63. The molecule has 0 unspecified atom stereocenters. The van der Waals surface area contributed by atoms with Crippen LogP contribution in [-0.2, 0) is 4.79 Å². The molecule has 0 radical (unpaired) electrons. The maximum absolute atomic E-state index is 10.5. The van der Waals surface area contributed by atoms with E-state index in [1.165, 1.54) is 0 Å². The molecule has 14 heavy (non-hydrogen) atoms. The molecule has 1 saturated carbocycles. The van der Waals surface area contributed by atoms with Crippen molar-refractivity contribution in [1.82, 2.24) is 0 Å². The lowest BCUT2D eigenvalue weighted by atomic mass is 9.71. The fourth-order valence-corrected chi connectivity index (χ4v) is 2.10. The Morgan fingerprint density at radius 3 is 2.79 bits per heavy atom. The van der Waals surface area contributed by atoms with Crippen molar-refractivity contribution in [3.63, 3.8) is 0 Å². The van der Waals surface area contributed by atoms with Gasteiger partial charge in [-0.25, -0.2) is 0 Å². The minimum absolute atomic E-state index is 0.102. The van der Waals surface area contributed by atoms with Gasteiger partial charge in [-0.1, -0.05) is 32.1 Å². The molecule has 1 rings (SSSR count). The third-order valence-electron chi connectivity index (χ3n) is 2.87. The highest BCUT2D eigenvalue weighted by molar-refractivity contribution is 5.69. The molecule has 0 spiro atoms. The zero-order chi connectivity index (χ0) is 10.8. The molecule has 0 amide bonds. The number of hydrogen-bond acceptors (Lipinski definition) is 1. The van der Waals surface area contributed by atoms with Crippen LogP contribution in [0.15, 0.2) is 23.8 Å². The van der Waals surface area contributed by atoms with Crippen molar-refractivity contribution in [2.45, 2.75) is 39.5 Å². The molecule has 0 aromatic heterocycles. The van der Waals surface area contributed by atoms with Crippen LogP contribution in [0.25, 0.3) is 0 Å². The Morgan fingerprint density at radius 2 is 2.29 bits per heavy atom. The molecule has 0 aromatic rings. The highest BCUT2D eigenvalue weighted by atomic mass is 16.4. The summed E-state index contributed by atoms with van der Waals surface area (Å²) in [6.45, 7) is 8.32. The van der Waals surface area contributed by atoms with Crippen LogP contribution in [0.1, 0.15) is 39.5 Å². The van der Waals surface area contributed by atoms with E-state index in [4.69, 9.17) is 5.11 Å². The van der Waals surface area contributed by atoms with Gasteiger partial charge in [-0.05, 0) is 30.3 Å². The number of carboxylic acids is 1. The smallest absolute Gasteiger partial charge is 0.307 e. The lowest BCUT2D eigenvalue weighted by Crippen LogP contribution is -2.21. The first-order valence-electron chi connectivity index (χ1n) is 5.04. The van der Waals surface area contributed by atoms with E-state index in [-0.39, 0.29) is 11.8 Å². The second-order valence-electron chi connectivity index (χ2n) is 4.56. The summed E-state index contributed by atoms with van der Waals surface area (Å²) < 4.78 is 0. The molecule has 0 bridgehead atoms. The predicted octanol–water partition coefficient (Wildman–Crippen LogP) is 3.15. The molecule has 1 N–H and O–H groups in total. The second-order valence-corrected chi connectivity index (χ2v) is 4.56. The first-order valence-corrected chi connectivity index (χ1v) is 5.04. The van der Waals surface area contributed by atoms with Crippen molar-refractivity contribution in [2.75, 3.05) is 0 Å². The average Bonchev–Trinajstić information content (AvgIpc) is 2.01. The van der Waals surface area contributed by atoms with E-state index in [2.05, 4.69) is 20.4 Å². The zero-order valence-electron chi connectivity index (χ0n) is 8.97. The van der Waals surface area contributed by atoms with Crippen LogP contribution in [0.2, 0.25) is 0 Å². The molecule has 0 atom stereocenters. The van der Waals surface area contributed by atoms with Gasteiger partial charge in [-0.15, -0.1) is 0 Å². The Balaban J connectivity index is 2.85. The summed E-state index contributed by atoms with van der Waals surface area (Å²) in [6, 6.07) is 0. The largest absolute Gasteiger partial charge is 0.481 e. The molecule has 1 aliphatic rings. The molecule has 0 saturated heterocycles. The van der Waals surface area contributed by atoms with Crippen molar-refractivity contribution in [3.8, 4) is 0 Å². The summed E-state index contributed by atoms with van der Waals surface area (Å²) in [5.74, 6) is -0.772. The van der Waals surface area contributed by atoms with Crippen LogP contribution in [0.5, 0.6) is 0 Å².